The topological polar surface area (TPSA) is 70.8 Å². The first kappa shape index (κ1) is 19.2. The van der Waals surface area contributed by atoms with E-state index in [1.807, 2.05) is 19.1 Å². The molecule has 0 unspecified atom stereocenters. The summed E-state index contributed by atoms with van der Waals surface area (Å²) in [7, 11) is 1.57. The van der Waals surface area contributed by atoms with Crippen molar-refractivity contribution in [1.82, 2.24) is 0 Å². The van der Waals surface area contributed by atoms with Crippen molar-refractivity contribution in [2.45, 2.75) is 18.2 Å². The van der Waals surface area contributed by atoms with Gasteiger partial charge >= 0.3 is 0 Å². The summed E-state index contributed by atoms with van der Waals surface area (Å²) in [6.45, 7) is 3.23. The van der Waals surface area contributed by atoms with Gasteiger partial charge in [0.25, 0.3) is 0 Å². The average Bonchev–Trinajstić information content (AvgIpc) is 2.69. The minimum Gasteiger partial charge on any atom is -0.495 e. The molecule has 27 heavy (non-hydrogen) atoms. The number of ether oxygens (including phenoxy) is 3. The molecule has 142 valence electrons. The summed E-state index contributed by atoms with van der Waals surface area (Å²) in [5.74, 6) is 2.69. The second-order valence-electron chi connectivity index (χ2n) is 6.04. The van der Waals surface area contributed by atoms with E-state index in [2.05, 4.69) is 0 Å². The van der Waals surface area contributed by atoms with Crippen molar-refractivity contribution < 1.29 is 19.0 Å². The maximum Gasteiger partial charge on any atom is 0.189 e. The standard InChI is InChI=1S/C21H23NO4S/c1-3-8-25-19-13-21-20(26-9-10-27-21)12-15(19)17(23)6-4-14-5-7-18(24-2)16(22)11-14/h4-7,11-13H,3,8-10,22H2,1-2H3/b6-4+. The van der Waals surface area contributed by atoms with Crippen LogP contribution in [-0.2, 0) is 0 Å². The molecular weight excluding hydrogens is 362 g/mol. The van der Waals surface area contributed by atoms with Gasteiger partial charge in [0.2, 0.25) is 0 Å². The molecule has 0 spiro atoms. The van der Waals surface area contributed by atoms with Crippen molar-refractivity contribution >= 4 is 29.3 Å². The number of carbonyl (C=O) groups is 1. The Hall–Kier alpha value is -2.60. The van der Waals surface area contributed by atoms with E-state index in [1.54, 1.807) is 43.1 Å². The Morgan fingerprint density at radius 1 is 1.30 bits per heavy atom. The molecule has 0 bridgehead atoms. The summed E-state index contributed by atoms with van der Waals surface area (Å²) in [6, 6.07) is 9.08. The van der Waals surface area contributed by atoms with Gasteiger partial charge in [0.1, 0.15) is 17.2 Å². The molecule has 1 aliphatic heterocycles. The van der Waals surface area contributed by atoms with Crippen molar-refractivity contribution in [2.24, 2.45) is 0 Å². The van der Waals surface area contributed by atoms with Crippen LogP contribution in [-0.4, -0.2) is 31.9 Å². The fraction of sp³-hybridized carbons (Fsp3) is 0.286. The maximum atomic E-state index is 12.8. The third kappa shape index (κ3) is 4.57. The highest BCUT2D eigenvalue weighted by atomic mass is 32.2. The highest BCUT2D eigenvalue weighted by Crippen LogP contribution is 2.38. The van der Waals surface area contributed by atoms with Crippen molar-refractivity contribution in [2.75, 3.05) is 31.8 Å². The van der Waals surface area contributed by atoms with E-state index >= 15 is 0 Å². The molecule has 2 aromatic carbocycles. The Kier molecular flexibility index (Phi) is 6.29. The third-order valence-electron chi connectivity index (χ3n) is 4.05. The van der Waals surface area contributed by atoms with Crippen molar-refractivity contribution in [3.8, 4) is 17.2 Å². The van der Waals surface area contributed by atoms with Crippen LogP contribution in [0.15, 0.2) is 41.3 Å². The van der Waals surface area contributed by atoms with Gasteiger partial charge in [-0.15, -0.1) is 11.8 Å². The van der Waals surface area contributed by atoms with Crippen LogP contribution in [0.1, 0.15) is 29.3 Å². The maximum absolute atomic E-state index is 12.8. The van der Waals surface area contributed by atoms with Crippen LogP contribution >= 0.6 is 11.8 Å². The molecular formula is C21H23NO4S. The van der Waals surface area contributed by atoms with Gasteiger partial charge in [0.15, 0.2) is 5.78 Å². The number of benzene rings is 2. The molecule has 0 aliphatic carbocycles. The predicted molar refractivity (Wildman–Crippen MR) is 109 cm³/mol. The van der Waals surface area contributed by atoms with E-state index < -0.39 is 0 Å². The lowest BCUT2D eigenvalue weighted by molar-refractivity contribution is 0.104. The monoisotopic (exact) mass is 385 g/mol. The number of anilines is 1. The summed E-state index contributed by atoms with van der Waals surface area (Å²) in [6.07, 6.45) is 4.13. The van der Waals surface area contributed by atoms with E-state index in [9.17, 15) is 4.79 Å². The number of methoxy groups -OCH3 is 1. The molecule has 6 heteroatoms. The Bertz CT molecular complexity index is 864. The largest absolute Gasteiger partial charge is 0.495 e. The van der Waals surface area contributed by atoms with Crippen LogP contribution in [0.4, 0.5) is 5.69 Å². The van der Waals surface area contributed by atoms with Gasteiger partial charge < -0.3 is 19.9 Å². The number of rotatable bonds is 7. The summed E-state index contributed by atoms with van der Waals surface area (Å²) in [5, 5.41) is 0. The molecule has 2 aromatic rings. The molecule has 3 rings (SSSR count). The summed E-state index contributed by atoms with van der Waals surface area (Å²) in [5.41, 5.74) is 7.77. The minimum atomic E-state index is -0.141. The van der Waals surface area contributed by atoms with E-state index in [-0.39, 0.29) is 5.78 Å². The lowest BCUT2D eigenvalue weighted by Crippen LogP contribution is -2.10. The number of hydrogen-bond donors (Lipinski definition) is 1. The lowest BCUT2D eigenvalue weighted by Gasteiger charge is -2.19. The van der Waals surface area contributed by atoms with Crippen molar-refractivity contribution in [3.05, 3.63) is 47.5 Å². The van der Waals surface area contributed by atoms with Gasteiger partial charge in [0.05, 0.1) is 36.5 Å². The zero-order valence-corrected chi connectivity index (χ0v) is 16.3. The Labute approximate surface area is 163 Å². The summed E-state index contributed by atoms with van der Waals surface area (Å²) in [4.78, 5) is 13.8. The molecule has 1 aliphatic rings. The van der Waals surface area contributed by atoms with E-state index in [0.717, 1.165) is 28.4 Å². The first-order valence-electron chi connectivity index (χ1n) is 8.84. The number of fused-ring (bicyclic) bond motifs is 1. The Morgan fingerprint density at radius 3 is 2.89 bits per heavy atom. The first-order valence-corrected chi connectivity index (χ1v) is 9.83. The lowest BCUT2D eigenvalue weighted by atomic mass is 10.1. The Balaban J connectivity index is 1.87. The molecule has 0 amide bonds. The molecule has 0 saturated heterocycles. The van der Waals surface area contributed by atoms with Gasteiger partial charge in [-0.1, -0.05) is 19.1 Å². The van der Waals surface area contributed by atoms with Crippen LogP contribution < -0.4 is 19.9 Å². The first-order chi connectivity index (χ1) is 13.1. The smallest absolute Gasteiger partial charge is 0.189 e. The number of allylic oxidation sites excluding steroid dienone is 1. The van der Waals surface area contributed by atoms with Gasteiger partial charge in [0, 0.05) is 5.75 Å². The van der Waals surface area contributed by atoms with Crippen LogP contribution in [0.2, 0.25) is 0 Å². The van der Waals surface area contributed by atoms with E-state index in [1.165, 1.54) is 6.08 Å². The molecule has 0 radical (unpaired) electrons. The molecule has 0 saturated carbocycles. The molecule has 5 nitrogen and oxygen atoms in total. The summed E-state index contributed by atoms with van der Waals surface area (Å²) >= 11 is 1.71. The SMILES string of the molecule is CCCOc1cc2c(cc1C(=O)/C=C/c1ccc(OC)c(N)c1)OCCS2. The van der Waals surface area contributed by atoms with Gasteiger partial charge in [-0.05, 0) is 42.3 Å². The molecule has 1 heterocycles. The predicted octanol–water partition coefficient (Wildman–Crippen LogP) is 4.45. The zero-order valence-electron chi connectivity index (χ0n) is 15.5. The number of hydrogen-bond acceptors (Lipinski definition) is 6. The normalized spacial score (nSPS) is 13.1. The molecule has 2 N–H and O–H groups in total. The van der Waals surface area contributed by atoms with Crippen LogP contribution in [0.5, 0.6) is 17.2 Å². The van der Waals surface area contributed by atoms with Gasteiger partial charge in [-0.25, -0.2) is 0 Å². The van der Waals surface area contributed by atoms with E-state index in [0.29, 0.717) is 36.0 Å². The fourth-order valence-corrected chi connectivity index (χ4v) is 3.55. The minimum absolute atomic E-state index is 0.141. The summed E-state index contributed by atoms with van der Waals surface area (Å²) < 4.78 is 16.7. The highest BCUT2D eigenvalue weighted by molar-refractivity contribution is 7.99. The second kappa shape index (κ2) is 8.86. The molecule has 0 atom stereocenters. The Morgan fingerprint density at radius 2 is 2.15 bits per heavy atom. The average molecular weight is 385 g/mol. The third-order valence-corrected chi connectivity index (χ3v) is 5.05. The number of thioether (sulfide) groups is 1. The van der Waals surface area contributed by atoms with E-state index in [4.69, 9.17) is 19.9 Å². The van der Waals surface area contributed by atoms with Crippen LogP contribution in [0, 0.1) is 0 Å². The number of carbonyl (C=O) groups excluding carboxylic acids is 1. The second-order valence-corrected chi connectivity index (χ2v) is 7.18. The number of ketones is 1. The fourth-order valence-electron chi connectivity index (χ4n) is 2.71. The number of nitrogen functional groups attached to an aromatic ring is 1. The molecule has 0 fully saturated rings. The quantitative estimate of drug-likeness (QED) is 0.431. The van der Waals surface area contributed by atoms with Gasteiger partial charge in [-0.3, -0.25) is 4.79 Å². The molecule has 0 aromatic heterocycles. The number of nitrogens with two attached hydrogens (primary N) is 1. The van der Waals surface area contributed by atoms with Crippen molar-refractivity contribution in [1.29, 1.82) is 0 Å². The highest BCUT2D eigenvalue weighted by Gasteiger charge is 2.19. The zero-order chi connectivity index (χ0) is 19.2. The van der Waals surface area contributed by atoms with Crippen LogP contribution in [0.25, 0.3) is 6.08 Å². The van der Waals surface area contributed by atoms with Crippen LogP contribution in [0.3, 0.4) is 0 Å². The van der Waals surface area contributed by atoms with Crippen molar-refractivity contribution in [3.63, 3.8) is 0 Å². The van der Waals surface area contributed by atoms with Gasteiger partial charge in [-0.2, -0.15) is 0 Å².